The molecule has 112 valence electrons. The molecule has 0 saturated carbocycles. The number of hydrogen-bond donors (Lipinski definition) is 1. The Morgan fingerprint density at radius 2 is 1.86 bits per heavy atom. The van der Waals surface area contributed by atoms with Crippen molar-refractivity contribution in [2.75, 3.05) is 14.2 Å². The Morgan fingerprint density at radius 3 is 2.33 bits per heavy atom. The SMILES string of the molecule is COc1cccc(OC)c1OCc1cc(C(=O)O)oc1C. The molecule has 0 aliphatic heterocycles. The van der Waals surface area contributed by atoms with Crippen LogP contribution in [0.15, 0.2) is 28.7 Å². The summed E-state index contributed by atoms with van der Waals surface area (Å²) in [4.78, 5) is 10.9. The first-order valence-electron chi connectivity index (χ1n) is 6.23. The summed E-state index contributed by atoms with van der Waals surface area (Å²) in [6.07, 6.45) is 0. The van der Waals surface area contributed by atoms with Gasteiger partial charge in [-0.1, -0.05) is 6.07 Å². The second-order valence-electron chi connectivity index (χ2n) is 4.28. The average molecular weight is 292 g/mol. The first-order chi connectivity index (χ1) is 10.1. The molecule has 6 nitrogen and oxygen atoms in total. The summed E-state index contributed by atoms with van der Waals surface area (Å²) in [5, 5.41) is 8.90. The molecule has 1 N–H and O–H groups in total. The van der Waals surface area contributed by atoms with E-state index in [0.29, 0.717) is 28.6 Å². The lowest BCUT2D eigenvalue weighted by atomic mass is 10.2. The number of aryl methyl sites for hydroxylation is 1. The van der Waals surface area contributed by atoms with Crippen LogP contribution in [-0.2, 0) is 6.61 Å². The van der Waals surface area contributed by atoms with E-state index in [-0.39, 0.29) is 12.4 Å². The monoisotopic (exact) mass is 292 g/mol. The van der Waals surface area contributed by atoms with Crippen LogP contribution < -0.4 is 14.2 Å². The van der Waals surface area contributed by atoms with Gasteiger partial charge >= 0.3 is 5.97 Å². The third-order valence-corrected chi connectivity index (χ3v) is 2.99. The van der Waals surface area contributed by atoms with Crippen molar-refractivity contribution in [2.24, 2.45) is 0 Å². The fourth-order valence-corrected chi connectivity index (χ4v) is 1.88. The molecule has 0 fully saturated rings. The quantitative estimate of drug-likeness (QED) is 0.882. The van der Waals surface area contributed by atoms with E-state index in [1.54, 1.807) is 25.1 Å². The molecular formula is C15H16O6. The van der Waals surface area contributed by atoms with Crippen LogP contribution in [0, 0.1) is 6.92 Å². The van der Waals surface area contributed by atoms with Crippen molar-refractivity contribution in [3.63, 3.8) is 0 Å². The molecule has 0 radical (unpaired) electrons. The number of aromatic carboxylic acids is 1. The van der Waals surface area contributed by atoms with E-state index in [9.17, 15) is 4.79 Å². The molecule has 1 heterocycles. The molecule has 0 saturated heterocycles. The van der Waals surface area contributed by atoms with Gasteiger partial charge in [0.2, 0.25) is 11.5 Å². The Kier molecular flexibility index (Phi) is 4.37. The number of methoxy groups -OCH3 is 2. The Balaban J connectivity index is 2.22. The second-order valence-corrected chi connectivity index (χ2v) is 4.28. The first-order valence-corrected chi connectivity index (χ1v) is 6.23. The molecule has 1 aromatic heterocycles. The van der Waals surface area contributed by atoms with E-state index in [1.807, 2.05) is 0 Å². The van der Waals surface area contributed by atoms with E-state index in [2.05, 4.69) is 0 Å². The highest BCUT2D eigenvalue weighted by atomic mass is 16.5. The zero-order valence-electron chi connectivity index (χ0n) is 12.0. The van der Waals surface area contributed by atoms with Crippen molar-refractivity contribution in [2.45, 2.75) is 13.5 Å². The molecule has 0 bridgehead atoms. The van der Waals surface area contributed by atoms with Crippen LogP contribution in [-0.4, -0.2) is 25.3 Å². The van der Waals surface area contributed by atoms with Crippen molar-refractivity contribution in [1.29, 1.82) is 0 Å². The predicted molar refractivity (Wildman–Crippen MR) is 74.3 cm³/mol. The van der Waals surface area contributed by atoms with Gasteiger partial charge in [0, 0.05) is 5.56 Å². The van der Waals surface area contributed by atoms with Gasteiger partial charge in [0.05, 0.1) is 14.2 Å². The summed E-state index contributed by atoms with van der Waals surface area (Å²) in [5.41, 5.74) is 0.653. The van der Waals surface area contributed by atoms with Crippen LogP contribution in [0.25, 0.3) is 0 Å². The molecular weight excluding hydrogens is 276 g/mol. The van der Waals surface area contributed by atoms with Crippen molar-refractivity contribution in [3.05, 3.63) is 41.3 Å². The van der Waals surface area contributed by atoms with Gasteiger partial charge < -0.3 is 23.7 Å². The average Bonchev–Trinajstić information content (AvgIpc) is 2.86. The number of para-hydroxylation sites is 1. The lowest BCUT2D eigenvalue weighted by molar-refractivity contribution is 0.0661. The van der Waals surface area contributed by atoms with E-state index in [4.69, 9.17) is 23.7 Å². The summed E-state index contributed by atoms with van der Waals surface area (Å²) in [7, 11) is 3.07. The van der Waals surface area contributed by atoms with E-state index in [1.165, 1.54) is 20.3 Å². The normalized spacial score (nSPS) is 10.2. The second kappa shape index (κ2) is 6.21. The third kappa shape index (κ3) is 3.10. The molecule has 0 spiro atoms. The Labute approximate surface area is 121 Å². The highest BCUT2D eigenvalue weighted by Gasteiger charge is 2.16. The Morgan fingerprint density at radius 1 is 1.24 bits per heavy atom. The molecule has 2 aromatic rings. The lowest BCUT2D eigenvalue weighted by Gasteiger charge is -2.13. The number of carboxylic acids is 1. The maximum Gasteiger partial charge on any atom is 0.371 e. The predicted octanol–water partition coefficient (Wildman–Crippen LogP) is 2.88. The van der Waals surface area contributed by atoms with Gasteiger partial charge in [0.15, 0.2) is 11.5 Å². The minimum Gasteiger partial charge on any atom is -0.493 e. The van der Waals surface area contributed by atoms with Gasteiger partial charge in [0.1, 0.15) is 12.4 Å². The van der Waals surface area contributed by atoms with E-state index in [0.717, 1.165) is 0 Å². The van der Waals surface area contributed by atoms with E-state index >= 15 is 0 Å². The van der Waals surface area contributed by atoms with Crippen LogP contribution in [0.4, 0.5) is 0 Å². The molecule has 0 aliphatic carbocycles. The van der Waals surface area contributed by atoms with Gasteiger partial charge in [-0.05, 0) is 25.1 Å². The number of carboxylic acid groups (broad SMARTS) is 1. The molecule has 0 unspecified atom stereocenters. The number of benzene rings is 1. The van der Waals surface area contributed by atoms with Crippen molar-refractivity contribution >= 4 is 5.97 Å². The van der Waals surface area contributed by atoms with Gasteiger partial charge in [0.25, 0.3) is 0 Å². The summed E-state index contributed by atoms with van der Waals surface area (Å²) < 4.78 is 21.3. The van der Waals surface area contributed by atoms with Crippen molar-refractivity contribution in [3.8, 4) is 17.2 Å². The largest absolute Gasteiger partial charge is 0.493 e. The van der Waals surface area contributed by atoms with Gasteiger partial charge in [-0.2, -0.15) is 0 Å². The maximum atomic E-state index is 10.9. The molecule has 0 atom stereocenters. The van der Waals surface area contributed by atoms with Gasteiger partial charge in [-0.3, -0.25) is 0 Å². The topological polar surface area (TPSA) is 78.1 Å². The zero-order chi connectivity index (χ0) is 15.4. The minimum atomic E-state index is -1.11. The molecule has 1 aromatic carbocycles. The van der Waals surface area contributed by atoms with Crippen LogP contribution in [0.2, 0.25) is 0 Å². The maximum absolute atomic E-state index is 10.9. The summed E-state index contributed by atoms with van der Waals surface area (Å²) in [6, 6.07) is 6.74. The highest BCUT2D eigenvalue weighted by Crippen LogP contribution is 2.37. The van der Waals surface area contributed by atoms with Gasteiger partial charge in [-0.25, -0.2) is 4.79 Å². The number of furan rings is 1. The lowest BCUT2D eigenvalue weighted by Crippen LogP contribution is -2.00. The minimum absolute atomic E-state index is 0.113. The number of ether oxygens (including phenoxy) is 3. The van der Waals surface area contributed by atoms with Crippen molar-refractivity contribution in [1.82, 2.24) is 0 Å². The van der Waals surface area contributed by atoms with Crippen LogP contribution >= 0.6 is 0 Å². The van der Waals surface area contributed by atoms with Crippen LogP contribution in [0.5, 0.6) is 17.2 Å². The van der Waals surface area contributed by atoms with Crippen molar-refractivity contribution < 1.29 is 28.5 Å². The first kappa shape index (κ1) is 14.8. The number of carbonyl (C=O) groups is 1. The standard InChI is InChI=1S/C15H16O6/c1-9-10(7-13(21-9)15(16)17)8-20-14-11(18-2)5-4-6-12(14)19-3/h4-7H,8H2,1-3H3,(H,16,17). The Bertz CT molecular complexity index is 621. The van der Waals surface area contributed by atoms with Crippen LogP contribution in [0.3, 0.4) is 0 Å². The number of rotatable bonds is 6. The summed E-state index contributed by atoms with van der Waals surface area (Å²) in [6.45, 7) is 1.84. The smallest absolute Gasteiger partial charge is 0.371 e. The molecule has 0 amide bonds. The molecule has 0 aliphatic rings. The zero-order valence-corrected chi connectivity index (χ0v) is 12.0. The van der Waals surface area contributed by atoms with E-state index < -0.39 is 5.97 Å². The van der Waals surface area contributed by atoms with Crippen LogP contribution in [0.1, 0.15) is 21.9 Å². The number of hydrogen-bond acceptors (Lipinski definition) is 5. The summed E-state index contributed by atoms with van der Waals surface area (Å²) >= 11 is 0. The van der Waals surface area contributed by atoms with Gasteiger partial charge in [-0.15, -0.1) is 0 Å². The fraction of sp³-hybridized carbons (Fsp3) is 0.267. The highest BCUT2D eigenvalue weighted by molar-refractivity contribution is 5.84. The molecule has 6 heteroatoms. The molecule has 21 heavy (non-hydrogen) atoms. The molecule has 2 rings (SSSR count). The third-order valence-electron chi connectivity index (χ3n) is 2.99. The fourth-order valence-electron chi connectivity index (χ4n) is 1.88. The summed E-state index contributed by atoms with van der Waals surface area (Å²) in [5.74, 6) is 0.807. The Hall–Kier alpha value is -2.63.